The molecule has 7 nitrogen and oxygen atoms in total. The largest absolute Gasteiger partial charge is 0.467 e. The van der Waals surface area contributed by atoms with Crippen LogP contribution in [0.15, 0.2) is 93.2 Å². The van der Waals surface area contributed by atoms with Gasteiger partial charge in [0.15, 0.2) is 11.0 Å². The van der Waals surface area contributed by atoms with E-state index < -0.39 is 22.8 Å². The second-order valence-electron chi connectivity index (χ2n) is 8.03. The molecule has 162 valence electrons. The molecule has 0 saturated carbocycles. The van der Waals surface area contributed by atoms with Crippen molar-refractivity contribution in [1.29, 1.82) is 0 Å². The molecule has 0 fully saturated rings. The molecule has 1 unspecified atom stereocenters. The predicted molar refractivity (Wildman–Crippen MR) is 121 cm³/mol. The van der Waals surface area contributed by atoms with Crippen LogP contribution in [0.3, 0.4) is 0 Å². The number of amides is 2. The van der Waals surface area contributed by atoms with Crippen LogP contribution in [-0.2, 0) is 16.9 Å². The van der Waals surface area contributed by atoms with Gasteiger partial charge < -0.3 is 18.6 Å². The van der Waals surface area contributed by atoms with E-state index in [1.54, 1.807) is 59.5 Å². The molecule has 2 aliphatic heterocycles. The van der Waals surface area contributed by atoms with Gasteiger partial charge in [-0.1, -0.05) is 36.4 Å². The van der Waals surface area contributed by atoms with E-state index in [0.717, 1.165) is 0 Å². The van der Waals surface area contributed by atoms with Gasteiger partial charge in [-0.3, -0.25) is 14.4 Å². The van der Waals surface area contributed by atoms with Crippen LogP contribution in [-0.4, -0.2) is 23.3 Å². The maximum absolute atomic E-state index is 14.2. The van der Waals surface area contributed by atoms with E-state index in [0.29, 0.717) is 28.0 Å². The third kappa shape index (κ3) is 2.36. The van der Waals surface area contributed by atoms with E-state index in [4.69, 9.17) is 8.83 Å². The lowest BCUT2D eigenvalue weighted by molar-refractivity contribution is -0.126. The first kappa shape index (κ1) is 19.3. The third-order valence-corrected chi connectivity index (χ3v) is 6.35. The summed E-state index contributed by atoms with van der Waals surface area (Å²) in [6, 6.07) is 17.4. The molecular formula is C26H18N2O5. The van der Waals surface area contributed by atoms with Crippen molar-refractivity contribution in [2.45, 2.75) is 12.1 Å². The lowest BCUT2D eigenvalue weighted by Crippen LogP contribution is -2.53. The average Bonchev–Trinajstić information content (AvgIpc) is 3.49. The minimum Gasteiger partial charge on any atom is -0.467 e. The van der Waals surface area contributed by atoms with Crippen LogP contribution in [0.2, 0.25) is 0 Å². The van der Waals surface area contributed by atoms with Crippen LogP contribution in [0.25, 0.3) is 11.0 Å². The predicted octanol–water partition coefficient (Wildman–Crippen LogP) is 3.82. The summed E-state index contributed by atoms with van der Waals surface area (Å²) in [5.41, 5.74) is -0.541. The standard InChI is InChI=1S/C26H18N2O5/c1-2-13-27-19-11-5-4-10-18(19)26(25(27)31)21-22(29)17-9-3-6-12-20(17)33-23(21)24(30)28(26)15-16-8-7-14-32-16/h2-12,14H,1,13,15H2. The van der Waals surface area contributed by atoms with Gasteiger partial charge >= 0.3 is 0 Å². The summed E-state index contributed by atoms with van der Waals surface area (Å²) in [4.78, 5) is 44.7. The van der Waals surface area contributed by atoms with Crippen molar-refractivity contribution < 1.29 is 18.4 Å². The van der Waals surface area contributed by atoms with Gasteiger partial charge in [0.25, 0.3) is 11.8 Å². The molecule has 0 saturated heterocycles. The Balaban J connectivity index is 1.73. The highest BCUT2D eigenvalue weighted by Gasteiger charge is 2.65. The minimum absolute atomic E-state index is 0.00613. The van der Waals surface area contributed by atoms with Gasteiger partial charge in [-0.25, -0.2) is 0 Å². The summed E-state index contributed by atoms with van der Waals surface area (Å²) in [7, 11) is 0. The number of para-hydroxylation sites is 2. The van der Waals surface area contributed by atoms with E-state index in [1.807, 2.05) is 12.1 Å². The van der Waals surface area contributed by atoms with Crippen LogP contribution >= 0.6 is 0 Å². The molecule has 4 heterocycles. The molecule has 1 atom stereocenters. The Bertz CT molecular complexity index is 1520. The molecule has 2 amide bonds. The van der Waals surface area contributed by atoms with Gasteiger partial charge in [0, 0.05) is 12.1 Å². The van der Waals surface area contributed by atoms with Crippen LogP contribution < -0.4 is 10.3 Å². The molecule has 0 radical (unpaired) electrons. The number of hydrogen-bond donors (Lipinski definition) is 0. The summed E-state index contributed by atoms with van der Waals surface area (Å²) in [5.74, 6) is -0.563. The molecular weight excluding hydrogens is 420 g/mol. The lowest BCUT2D eigenvalue weighted by Gasteiger charge is -2.33. The fourth-order valence-electron chi connectivity index (χ4n) is 5.03. The van der Waals surface area contributed by atoms with Crippen LogP contribution in [0.4, 0.5) is 5.69 Å². The smallest absolute Gasteiger partial charge is 0.291 e. The molecule has 2 aliphatic rings. The van der Waals surface area contributed by atoms with Crippen molar-refractivity contribution in [3.63, 3.8) is 0 Å². The van der Waals surface area contributed by atoms with Crippen LogP contribution in [0, 0.1) is 0 Å². The first-order chi connectivity index (χ1) is 16.1. The van der Waals surface area contributed by atoms with Gasteiger partial charge in [0.05, 0.1) is 29.4 Å². The fourth-order valence-corrected chi connectivity index (χ4v) is 5.03. The van der Waals surface area contributed by atoms with Crippen molar-refractivity contribution in [3.8, 4) is 0 Å². The number of benzene rings is 2. The normalized spacial score (nSPS) is 18.9. The highest BCUT2D eigenvalue weighted by atomic mass is 16.4. The monoisotopic (exact) mass is 438 g/mol. The summed E-state index contributed by atoms with van der Waals surface area (Å²) >= 11 is 0. The summed E-state index contributed by atoms with van der Waals surface area (Å²) < 4.78 is 11.5. The summed E-state index contributed by atoms with van der Waals surface area (Å²) in [5, 5.41) is 0.315. The minimum atomic E-state index is -1.66. The van der Waals surface area contributed by atoms with E-state index in [1.165, 1.54) is 11.2 Å². The zero-order chi connectivity index (χ0) is 22.7. The Morgan fingerprint density at radius 3 is 2.55 bits per heavy atom. The van der Waals surface area contributed by atoms with Crippen molar-refractivity contribution in [1.82, 2.24) is 4.90 Å². The number of fused-ring (bicyclic) bond motifs is 5. The van der Waals surface area contributed by atoms with Gasteiger partial charge in [0.2, 0.25) is 5.76 Å². The second kappa shape index (κ2) is 6.80. The lowest BCUT2D eigenvalue weighted by atomic mass is 9.84. The number of hydrogen-bond acceptors (Lipinski definition) is 5. The molecule has 6 rings (SSSR count). The second-order valence-corrected chi connectivity index (χ2v) is 8.03. The van der Waals surface area contributed by atoms with Gasteiger partial charge in [-0.15, -0.1) is 6.58 Å². The van der Waals surface area contributed by atoms with Gasteiger partial charge in [-0.05, 0) is 30.3 Å². The van der Waals surface area contributed by atoms with Crippen LogP contribution in [0.5, 0.6) is 0 Å². The number of carbonyl (C=O) groups excluding carboxylic acids is 2. The first-order valence-corrected chi connectivity index (χ1v) is 10.5. The zero-order valence-electron chi connectivity index (χ0n) is 17.5. The number of rotatable bonds is 4. The molecule has 0 aliphatic carbocycles. The molecule has 33 heavy (non-hydrogen) atoms. The Labute approximate surface area is 188 Å². The number of furan rings is 1. The topological polar surface area (TPSA) is 84.0 Å². The van der Waals surface area contributed by atoms with Crippen molar-refractivity contribution >= 4 is 28.5 Å². The maximum atomic E-state index is 14.2. The highest BCUT2D eigenvalue weighted by molar-refractivity contribution is 6.17. The number of carbonyl (C=O) groups is 2. The van der Waals surface area contributed by atoms with E-state index >= 15 is 0 Å². The maximum Gasteiger partial charge on any atom is 0.291 e. The van der Waals surface area contributed by atoms with Crippen LogP contribution in [0.1, 0.15) is 27.4 Å². The summed E-state index contributed by atoms with van der Waals surface area (Å²) in [6.45, 7) is 4.00. The van der Waals surface area contributed by atoms with E-state index in [9.17, 15) is 14.4 Å². The zero-order valence-corrected chi connectivity index (χ0v) is 17.5. The molecule has 2 aromatic heterocycles. The molecule has 0 bridgehead atoms. The first-order valence-electron chi connectivity index (χ1n) is 10.5. The van der Waals surface area contributed by atoms with Gasteiger partial charge in [0.1, 0.15) is 11.3 Å². The van der Waals surface area contributed by atoms with E-state index in [2.05, 4.69) is 6.58 Å². The highest BCUT2D eigenvalue weighted by Crippen LogP contribution is 2.52. The number of anilines is 1. The molecule has 0 N–H and O–H groups in total. The Hall–Kier alpha value is -4.39. The molecule has 1 spiro atoms. The Morgan fingerprint density at radius 1 is 0.970 bits per heavy atom. The van der Waals surface area contributed by atoms with Crippen molar-refractivity contribution in [3.05, 3.63) is 112 Å². The van der Waals surface area contributed by atoms with Crippen molar-refractivity contribution in [2.75, 3.05) is 11.4 Å². The Morgan fingerprint density at radius 2 is 1.76 bits per heavy atom. The molecule has 4 aromatic rings. The Kier molecular flexibility index (Phi) is 3.98. The quantitative estimate of drug-likeness (QED) is 0.453. The SMILES string of the molecule is C=CCN1C(=O)C2(c3ccccc31)c1c(oc3ccccc3c1=O)C(=O)N2Cc1ccco1. The molecule has 7 heteroatoms. The molecule has 2 aromatic carbocycles. The third-order valence-electron chi connectivity index (χ3n) is 6.35. The summed E-state index contributed by atoms with van der Waals surface area (Å²) in [6.07, 6.45) is 3.12. The van der Waals surface area contributed by atoms with E-state index in [-0.39, 0.29) is 24.4 Å². The fraction of sp³-hybridized carbons (Fsp3) is 0.115. The average molecular weight is 438 g/mol. The van der Waals surface area contributed by atoms with Crippen molar-refractivity contribution in [2.24, 2.45) is 0 Å². The number of nitrogens with zero attached hydrogens (tertiary/aromatic N) is 2. The van der Waals surface area contributed by atoms with Gasteiger partial charge in [-0.2, -0.15) is 0 Å².